The Hall–Kier alpha value is -1.61. The first-order valence-corrected chi connectivity index (χ1v) is 7.01. The zero-order valence-electron chi connectivity index (χ0n) is 11.7. The quantitative estimate of drug-likeness (QED) is 0.773. The summed E-state index contributed by atoms with van der Waals surface area (Å²) in [5, 5.41) is 4.51. The van der Waals surface area contributed by atoms with E-state index in [2.05, 4.69) is 30.2 Å². The molecule has 102 valence electrons. The van der Waals surface area contributed by atoms with Crippen molar-refractivity contribution in [3.63, 3.8) is 0 Å². The molecule has 0 saturated heterocycles. The van der Waals surface area contributed by atoms with E-state index in [1.807, 2.05) is 24.3 Å². The summed E-state index contributed by atoms with van der Waals surface area (Å²) in [6.45, 7) is 6.20. The number of nitrogens with one attached hydrogen (secondary N) is 1. The molecule has 2 aromatic rings. The lowest BCUT2D eigenvalue weighted by atomic mass is 10.2. The summed E-state index contributed by atoms with van der Waals surface area (Å²) in [6, 6.07) is 10.1. The zero-order chi connectivity index (χ0) is 13.5. The van der Waals surface area contributed by atoms with E-state index in [4.69, 9.17) is 4.74 Å². The number of nitrogens with zero attached hydrogens (tertiary/aromatic N) is 1. The Morgan fingerprint density at radius 2 is 2.16 bits per heavy atom. The van der Waals surface area contributed by atoms with Gasteiger partial charge in [-0.2, -0.15) is 0 Å². The molecule has 19 heavy (non-hydrogen) atoms. The van der Waals surface area contributed by atoms with Gasteiger partial charge < -0.3 is 10.1 Å². The highest BCUT2D eigenvalue weighted by Gasteiger charge is 2.04. The smallest absolute Gasteiger partial charge is 0.138 e. The van der Waals surface area contributed by atoms with Gasteiger partial charge in [0.1, 0.15) is 11.9 Å². The second kappa shape index (κ2) is 7.10. The van der Waals surface area contributed by atoms with Crippen molar-refractivity contribution in [1.82, 2.24) is 10.3 Å². The van der Waals surface area contributed by atoms with Crippen molar-refractivity contribution in [2.75, 3.05) is 13.1 Å². The maximum atomic E-state index is 5.88. The van der Waals surface area contributed by atoms with Gasteiger partial charge in [0.2, 0.25) is 0 Å². The number of aromatic nitrogens is 1. The summed E-state index contributed by atoms with van der Waals surface area (Å²) in [5.74, 6) is 0.837. The van der Waals surface area contributed by atoms with Crippen LogP contribution in [-0.4, -0.2) is 24.2 Å². The van der Waals surface area contributed by atoms with Crippen LogP contribution in [-0.2, 0) is 0 Å². The highest BCUT2D eigenvalue weighted by Crippen LogP contribution is 2.18. The van der Waals surface area contributed by atoms with Crippen LogP contribution in [0.25, 0.3) is 10.9 Å². The van der Waals surface area contributed by atoms with Crippen LogP contribution in [0.4, 0.5) is 0 Å². The van der Waals surface area contributed by atoms with E-state index >= 15 is 0 Å². The van der Waals surface area contributed by atoms with Crippen molar-refractivity contribution in [1.29, 1.82) is 0 Å². The summed E-state index contributed by atoms with van der Waals surface area (Å²) in [5.41, 5.74) is 1.00. The van der Waals surface area contributed by atoms with Gasteiger partial charge in [0, 0.05) is 11.9 Å². The minimum atomic E-state index is 0.153. The van der Waals surface area contributed by atoms with Gasteiger partial charge in [-0.3, -0.25) is 4.98 Å². The van der Waals surface area contributed by atoms with Crippen molar-refractivity contribution in [3.05, 3.63) is 36.5 Å². The predicted molar refractivity (Wildman–Crippen MR) is 79.6 cm³/mol. The van der Waals surface area contributed by atoms with Crippen molar-refractivity contribution in [2.24, 2.45) is 0 Å². The Labute approximate surface area is 115 Å². The number of unbranched alkanes of at least 4 members (excludes halogenated alkanes) is 1. The number of benzene rings is 1. The second-order valence-electron chi connectivity index (χ2n) is 4.85. The third-order valence-corrected chi connectivity index (χ3v) is 3.04. The fourth-order valence-electron chi connectivity index (χ4n) is 2.00. The molecule has 0 aliphatic carbocycles. The van der Waals surface area contributed by atoms with Crippen molar-refractivity contribution in [2.45, 2.75) is 32.8 Å². The van der Waals surface area contributed by atoms with Crippen LogP contribution in [0, 0.1) is 0 Å². The maximum absolute atomic E-state index is 5.88. The van der Waals surface area contributed by atoms with Crippen molar-refractivity contribution < 1.29 is 4.74 Å². The number of ether oxygens (including phenoxy) is 1. The topological polar surface area (TPSA) is 34.1 Å². The number of pyridine rings is 1. The third-order valence-electron chi connectivity index (χ3n) is 3.04. The molecule has 1 unspecified atom stereocenters. The molecule has 0 spiro atoms. The lowest BCUT2D eigenvalue weighted by molar-refractivity contribution is 0.217. The number of hydrogen-bond acceptors (Lipinski definition) is 3. The van der Waals surface area contributed by atoms with Gasteiger partial charge in [0.15, 0.2) is 0 Å². The molecule has 1 N–H and O–H groups in total. The third kappa shape index (κ3) is 4.21. The van der Waals surface area contributed by atoms with Gasteiger partial charge in [0.05, 0.1) is 11.7 Å². The number of rotatable bonds is 7. The summed E-state index contributed by atoms with van der Waals surface area (Å²) < 4.78 is 5.88. The number of hydrogen-bond donors (Lipinski definition) is 1. The minimum Gasteiger partial charge on any atom is -0.488 e. The average Bonchev–Trinajstić information content (AvgIpc) is 2.43. The minimum absolute atomic E-state index is 0.153. The van der Waals surface area contributed by atoms with Crippen LogP contribution in [0.15, 0.2) is 36.5 Å². The lowest BCUT2D eigenvalue weighted by Gasteiger charge is -2.15. The molecule has 2 rings (SSSR count). The molecule has 0 aliphatic heterocycles. The fraction of sp³-hybridized carbons (Fsp3) is 0.438. The molecule has 1 heterocycles. The Morgan fingerprint density at radius 1 is 1.32 bits per heavy atom. The van der Waals surface area contributed by atoms with Gasteiger partial charge in [-0.15, -0.1) is 0 Å². The molecular weight excluding hydrogens is 236 g/mol. The monoisotopic (exact) mass is 258 g/mol. The molecule has 0 aliphatic rings. The van der Waals surface area contributed by atoms with E-state index < -0.39 is 0 Å². The molecule has 0 fully saturated rings. The standard InChI is InChI=1S/C16H22N2O/c1-3-4-9-17-11-13(2)19-15-10-14-7-5-6-8-16(14)18-12-15/h5-8,10,12-13,17H,3-4,9,11H2,1-2H3. The largest absolute Gasteiger partial charge is 0.488 e. The molecule has 1 atom stereocenters. The molecule has 0 radical (unpaired) electrons. The van der Waals surface area contributed by atoms with E-state index in [0.29, 0.717) is 0 Å². The van der Waals surface area contributed by atoms with Gasteiger partial charge in [0.25, 0.3) is 0 Å². The first kappa shape index (κ1) is 13.8. The van der Waals surface area contributed by atoms with Gasteiger partial charge in [-0.1, -0.05) is 31.5 Å². The van der Waals surface area contributed by atoms with Crippen LogP contribution < -0.4 is 10.1 Å². The summed E-state index contributed by atoms with van der Waals surface area (Å²) in [4.78, 5) is 4.40. The zero-order valence-corrected chi connectivity index (χ0v) is 11.7. The lowest BCUT2D eigenvalue weighted by Crippen LogP contribution is -2.29. The molecule has 1 aromatic heterocycles. The van der Waals surface area contributed by atoms with Crippen LogP contribution in [0.5, 0.6) is 5.75 Å². The molecule has 3 heteroatoms. The molecule has 1 aromatic carbocycles. The molecular formula is C16H22N2O. The van der Waals surface area contributed by atoms with E-state index in [0.717, 1.165) is 29.7 Å². The van der Waals surface area contributed by atoms with Crippen molar-refractivity contribution in [3.8, 4) is 5.75 Å². The SMILES string of the molecule is CCCCNCC(C)Oc1cnc2ccccc2c1. The summed E-state index contributed by atoms with van der Waals surface area (Å²) in [7, 11) is 0. The summed E-state index contributed by atoms with van der Waals surface area (Å²) >= 11 is 0. The first-order valence-electron chi connectivity index (χ1n) is 7.01. The van der Waals surface area contributed by atoms with Crippen LogP contribution in [0.3, 0.4) is 0 Å². The van der Waals surface area contributed by atoms with E-state index in [1.165, 1.54) is 12.8 Å². The Kier molecular flexibility index (Phi) is 5.16. The van der Waals surface area contributed by atoms with Gasteiger partial charge in [-0.05, 0) is 32.0 Å². The molecule has 0 bridgehead atoms. The van der Waals surface area contributed by atoms with E-state index in [9.17, 15) is 0 Å². The van der Waals surface area contributed by atoms with Crippen LogP contribution in [0.1, 0.15) is 26.7 Å². The van der Waals surface area contributed by atoms with Gasteiger partial charge >= 0.3 is 0 Å². The van der Waals surface area contributed by atoms with E-state index in [1.54, 1.807) is 6.20 Å². The Morgan fingerprint density at radius 3 is 3.00 bits per heavy atom. The van der Waals surface area contributed by atoms with Crippen molar-refractivity contribution >= 4 is 10.9 Å². The Bertz CT molecular complexity index is 513. The number of para-hydroxylation sites is 1. The molecule has 3 nitrogen and oxygen atoms in total. The van der Waals surface area contributed by atoms with Crippen LogP contribution >= 0.6 is 0 Å². The predicted octanol–water partition coefficient (Wildman–Crippen LogP) is 3.39. The molecule has 0 saturated carbocycles. The Balaban J connectivity index is 1.89. The van der Waals surface area contributed by atoms with Crippen LogP contribution in [0.2, 0.25) is 0 Å². The normalized spacial score (nSPS) is 12.5. The average molecular weight is 258 g/mol. The van der Waals surface area contributed by atoms with Gasteiger partial charge in [-0.25, -0.2) is 0 Å². The number of fused-ring (bicyclic) bond motifs is 1. The highest BCUT2D eigenvalue weighted by atomic mass is 16.5. The molecule has 0 amide bonds. The maximum Gasteiger partial charge on any atom is 0.138 e. The fourth-order valence-corrected chi connectivity index (χ4v) is 2.00. The summed E-state index contributed by atoms with van der Waals surface area (Å²) in [6.07, 6.45) is 4.38. The second-order valence-corrected chi connectivity index (χ2v) is 4.85. The highest BCUT2D eigenvalue weighted by molar-refractivity contribution is 5.79. The first-order chi connectivity index (χ1) is 9.29. The van der Waals surface area contributed by atoms with E-state index in [-0.39, 0.29) is 6.10 Å².